The van der Waals surface area contributed by atoms with Crippen LogP contribution in [0, 0.1) is 25.7 Å². The van der Waals surface area contributed by atoms with E-state index >= 15 is 0 Å². The van der Waals surface area contributed by atoms with Gasteiger partial charge in [-0.05, 0) is 44.6 Å². The minimum atomic E-state index is -0.443. The smallest absolute Gasteiger partial charge is 0.329 e. The van der Waals surface area contributed by atoms with Gasteiger partial charge in [0, 0.05) is 43.8 Å². The molecule has 4 rings (SSSR count). The number of aryl methyl sites for hydroxylation is 4. The predicted molar refractivity (Wildman–Crippen MR) is 128 cm³/mol. The highest BCUT2D eigenvalue weighted by atomic mass is 32.2. The lowest BCUT2D eigenvalue weighted by Gasteiger charge is -2.35. The third-order valence-corrected chi connectivity index (χ3v) is 6.79. The summed E-state index contributed by atoms with van der Waals surface area (Å²) in [5.41, 5.74) is 1.99. The quantitative estimate of drug-likeness (QED) is 0.345. The lowest BCUT2D eigenvalue weighted by Crippen LogP contribution is -2.40. The molecule has 1 N–H and O–H groups in total. The summed E-state index contributed by atoms with van der Waals surface area (Å²) in [5, 5.41) is 0.775. The Morgan fingerprint density at radius 2 is 1.75 bits per heavy atom. The molecule has 0 amide bonds. The molecule has 0 bridgehead atoms. The topological polar surface area (TPSA) is 102 Å². The standard InChI is InChI=1S/C22H31N7O2S/c1-13-9-14(2)12-28(11-13)21-25-18-17(19(30)26-22(31)27(18)5)29(21)7-6-8-32-20-23-15(3)10-16(4)24-20/h10,13-14H,6-9,11-12H2,1-5H3,(H,26,30,31). The molecule has 172 valence electrons. The number of hydrogen-bond donors (Lipinski definition) is 1. The van der Waals surface area contributed by atoms with Crippen LogP contribution in [0.3, 0.4) is 0 Å². The van der Waals surface area contributed by atoms with Crippen LogP contribution in [-0.4, -0.2) is 47.9 Å². The second kappa shape index (κ2) is 9.09. The fourth-order valence-electron chi connectivity index (χ4n) is 4.65. The number of nitrogens with one attached hydrogen (secondary N) is 1. The van der Waals surface area contributed by atoms with Crippen LogP contribution in [0.2, 0.25) is 0 Å². The molecular weight excluding hydrogens is 426 g/mol. The number of thioether (sulfide) groups is 1. The molecule has 0 aliphatic carbocycles. The van der Waals surface area contributed by atoms with Gasteiger partial charge in [0.25, 0.3) is 5.56 Å². The van der Waals surface area contributed by atoms with Crippen LogP contribution in [-0.2, 0) is 13.6 Å². The average molecular weight is 458 g/mol. The van der Waals surface area contributed by atoms with E-state index in [4.69, 9.17) is 4.98 Å². The number of piperidine rings is 1. The zero-order chi connectivity index (χ0) is 23.0. The summed E-state index contributed by atoms with van der Waals surface area (Å²) in [7, 11) is 1.65. The highest BCUT2D eigenvalue weighted by molar-refractivity contribution is 7.99. The Labute approximate surface area is 191 Å². The van der Waals surface area contributed by atoms with Crippen LogP contribution in [0.1, 0.15) is 38.1 Å². The highest BCUT2D eigenvalue weighted by Gasteiger charge is 2.27. The van der Waals surface area contributed by atoms with E-state index < -0.39 is 5.69 Å². The van der Waals surface area contributed by atoms with E-state index in [1.807, 2.05) is 24.5 Å². The van der Waals surface area contributed by atoms with Crippen molar-refractivity contribution < 1.29 is 0 Å². The van der Waals surface area contributed by atoms with Gasteiger partial charge in [-0.2, -0.15) is 4.98 Å². The van der Waals surface area contributed by atoms with Gasteiger partial charge in [-0.25, -0.2) is 14.8 Å². The number of imidazole rings is 1. The lowest BCUT2D eigenvalue weighted by molar-refractivity contribution is 0.351. The maximum atomic E-state index is 12.8. The average Bonchev–Trinajstić information content (AvgIpc) is 3.08. The van der Waals surface area contributed by atoms with Gasteiger partial charge in [0.15, 0.2) is 16.3 Å². The van der Waals surface area contributed by atoms with Crippen molar-refractivity contribution in [3.8, 4) is 0 Å². The van der Waals surface area contributed by atoms with E-state index in [1.165, 1.54) is 11.0 Å². The summed E-state index contributed by atoms with van der Waals surface area (Å²) in [6, 6.07) is 1.96. The van der Waals surface area contributed by atoms with Crippen molar-refractivity contribution in [2.45, 2.75) is 52.2 Å². The molecular formula is C22H31N7O2S. The normalized spacial score (nSPS) is 19.1. The van der Waals surface area contributed by atoms with E-state index in [-0.39, 0.29) is 5.56 Å². The van der Waals surface area contributed by atoms with Crippen LogP contribution in [0.15, 0.2) is 20.8 Å². The summed E-state index contributed by atoms with van der Waals surface area (Å²) in [6.45, 7) is 10.9. The Bertz CT molecular complexity index is 1220. The van der Waals surface area contributed by atoms with Gasteiger partial charge in [0.2, 0.25) is 5.95 Å². The van der Waals surface area contributed by atoms with Crippen molar-refractivity contribution in [3.05, 3.63) is 38.3 Å². The fourth-order valence-corrected chi connectivity index (χ4v) is 5.52. The summed E-state index contributed by atoms with van der Waals surface area (Å²) in [6.07, 6.45) is 2.00. The molecule has 3 aromatic heterocycles. The minimum absolute atomic E-state index is 0.384. The third kappa shape index (κ3) is 4.60. The third-order valence-electron chi connectivity index (χ3n) is 5.86. The van der Waals surface area contributed by atoms with Crippen LogP contribution in [0.4, 0.5) is 5.95 Å². The van der Waals surface area contributed by atoms with Crippen LogP contribution >= 0.6 is 11.8 Å². The largest absolute Gasteiger partial charge is 0.342 e. The maximum absolute atomic E-state index is 12.8. The van der Waals surface area contributed by atoms with Crippen molar-refractivity contribution in [2.75, 3.05) is 23.7 Å². The number of rotatable bonds is 6. The Morgan fingerprint density at radius 1 is 1.09 bits per heavy atom. The Morgan fingerprint density at radius 3 is 2.41 bits per heavy atom. The number of aromatic amines is 1. The number of anilines is 1. The molecule has 32 heavy (non-hydrogen) atoms. The first-order valence-electron chi connectivity index (χ1n) is 11.1. The van der Waals surface area contributed by atoms with E-state index in [0.717, 1.165) is 47.8 Å². The molecule has 0 radical (unpaired) electrons. The predicted octanol–water partition coefficient (Wildman–Crippen LogP) is 2.49. The molecule has 0 aromatic carbocycles. The van der Waals surface area contributed by atoms with Gasteiger partial charge in [-0.15, -0.1) is 0 Å². The zero-order valence-electron chi connectivity index (χ0n) is 19.4. The lowest BCUT2D eigenvalue weighted by atomic mass is 9.92. The first kappa shape index (κ1) is 22.6. The number of aromatic nitrogens is 6. The van der Waals surface area contributed by atoms with E-state index in [0.29, 0.717) is 29.5 Å². The number of hydrogen-bond acceptors (Lipinski definition) is 7. The molecule has 9 nitrogen and oxygen atoms in total. The molecule has 4 heterocycles. The summed E-state index contributed by atoms with van der Waals surface area (Å²) in [5.74, 6) is 2.69. The zero-order valence-corrected chi connectivity index (χ0v) is 20.2. The van der Waals surface area contributed by atoms with E-state index in [9.17, 15) is 9.59 Å². The second-order valence-corrected chi connectivity index (χ2v) is 10.1. The Balaban J connectivity index is 1.63. The van der Waals surface area contributed by atoms with Gasteiger partial charge >= 0.3 is 5.69 Å². The second-order valence-electron chi connectivity index (χ2n) is 9.04. The van der Waals surface area contributed by atoms with Crippen molar-refractivity contribution in [2.24, 2.45) is 18.9 Å². The minimum Gasteiger partial charge on any atom is -0.342 e. The molecule has 0 spiro atoms. The molecule has 1 fully saturated rings. The highest BCUT2D eigenvalue weighted by Crippen LogP contribution is 2.28. The Hall–Kier alpha value is -2.62. The molecule has 2 atom stereocenters. The molecule has 1 aliphatic rings. The molecule has 1 saturated heterocycles. The number of H-pyrrole nitrogens is 1. The van der Waals surface area contributed by atoms with Crippen LogP contribution < -0.4 is 16.1 Å². The first-order valence-corrected chi connectivity index (χ1v) is 12.1. The number of nitrogens with zero attached hydrogens (tertiary/aromatic N) is 6. The van der Waals surface area contributed by atoms with Crippen LogP contribution in [0.25, 0.3) is 11.2 Å². The van der Waals surface area contributed by atoms with Gasteiger partial charge in [-0.3, -0.25) is 14.3 Å². The maximum Gasteiger partial charge on any atom is 0.329 e. The van der Waals surface area contributed by atoms with Gasteiger partial charge in [0.1, 0.15) is 0 Å². The fraction of sp³-hybridized carbons (Fsp3) is 0.591. The van der Waals surface area contributed by atoms with Gasteiger partial charge in [-0.1, -0.05) is 25.6 Å². The SMILES string of the molecule is Cc1cc(C)nc(SCCCn2c(N3CC(C)CC(C)C3)nc3c2c(=O)[nH]c(=O)n3C)n1. The van der Waals surface area contributed by atoms with E-state index in [1.54, 1.807) is 18.8 Å². The van der Waals surface area contributed by atoms with Crippen molar-refractivity contribution in [3.63, 3.8) is 0 Å². The molecule has 10 heteroatoms. The van der Waals surface area contributed by atoms with Crippen LogP contribution in [0.5, 0.6) is 0 Å². The number of fused-ring (bicyclic) bond motifs is 1. The van der Waals surface area contributed by atoms with Gasteiger partial charge in [0.05, 0.1) is 0 Å². The summed E-state index contributed by atoms with van der Waals surface area (Å²) in [4.78, 5) is 43.4. The molecule has 2 unspecified atom stereocenters. The van der Waals surface area contributed by atoms with Crippen molar-refractivity contribution in [1.82, 2.24) is 29.1 Å². The monoisotopic (exact) mass is 457 g/mol. The first-order chi connectivity index (χ1) is 15.2. The molecule has 1 aliphatic heterocycles. The molecule has 3 aromatic rings. The summed E-state index contributed by atoms with van der Waals surface area (Å²) < 4.78 is 3.41. The Kier molecular flexibility index (Phi) is 6.41. The molecule has 0 saturated carbocycles. The van der Waals surface area contributed by atoms with Crippen molar-refractivity contribution in [1.29, 1.82) is 0 Å². The van der Waals surface area contributed by atoms with E-state index in [2.05, 4.69) is 33.7 Å². The van der Waals surface area contributed by atoms with Crippen molar-refractivity contribution >= 4 is 28.9 Å². The van der Waals surface area contributed by atoms with Gasteiger partial charge < -0.3 is 9.47 Å². The summed E-state index contributed by atoms with van der Waals surface area (Å²) >= 11 is 1.62.